The van der Waals surface area contributed by atoms with Crippen LogP contribution in [0.5, 0.6) is 0 Å². The van der Waals surface area contributed by atoms with Gasteiger partial charge >= 0.3 is 6.09 Å². The number of alkyl carbamates (subject to hydrolysis) is 1. The average Bonchev–Trinajstić information content (AvgIpc) is 2.88. The Labute approximate surface area is 141 Å². The lowest BCUT2D eigenvalue weighted by atomic mass is 10.2. The Morgan fingerprint density at radius 2 is 2.13 bits per heavy atom. The van der Waals surface area contributed by atoms with E-state index in [4.69, 9.17) is 4.74 Å². The van der Waals surface area contributed by atoms with Crippen molar-refractivity contribution in [3.8, 4) is 0 Å². The van der Waals surface area contributed by atoms with E-state index in [0.717, 1.165) is 10.7 Å². The van der Waals surface area contributed by atoms with Crippen LogP contribution in [-0.2, 0) is 11.3 Å². The zero-order chi connectivity index (χ0) is 17.2. The summed E-state index contributed by atoms with van der Waals surface area (Å²) in [6.45, 7) is 13.0. The normalized spacial score (nSPS) is 13.3. The molecule has 0 bridgehead atoms. The molecule has 0 aliphatic heterocycles. The third-order valence-corrected chi connectivity index (χ3v) is 4.28. The number of imidazole rings is 1. The summed E-state index contributed by atoms with van der Waals surface area (Å²) in [7, 11) is 0. The molecule has 23 heavy (non-hydrogen) atoms. The molecule has 0 saturated heterocycles. The van der Waals surface area contributed by atoms with Gasteiger partial charge in [0.25, 0.3) is 0 Å². The van der Waals surface area contributed by atoms with Gasteiger partial charge in [0, 0.05) is 30.2 Å². The molecule has 0 aromatic carbocycles. The van der Waals surface area contributed by atoms with E-state index in [1.165, 1.54) is 11.4 Å². The quantitative estimate of drug-likeness (QED) is 0.879. The van der Waals surface area contributed by atoms with Gasteiger partial charge in [0.1, 0.15) is 5.60 Å². The van der Waals surface area contributed by atoms with Crippen LogP contribution in [0.1, 0.15) is 44.8 Å². The van der Waals surface area contributed by atoms with Crippen LogP contribution in [-0.4, -0.2) is 33.7 Å². The van der Waals surface area contributed by atoms with E-state index in [2.05, 4.69) is 32.3 Å². The average molecular weight is 338 g/mol. The van der Waals surface area contributed by atoms with Gasteiger partial charge in [-0.05, 0) is 41.5 Å². The first-order valence-electron chi connectivity index (χ1n) is 7.79. The molecule has 1 atom stereocenters. The van der Waals surface area contributed by atoms with Gasteiger partial charge in [0.15, 0.2) is 4.96 Å². The van der Waals surface area contributed by atoms with Gasteiger partial charge in [-0.2, -0.15) is 0 Å². The van der Waals surface area contributed by atoms with Gasteiger partial charge in [-0.25, -0.2) is 9.78 Å². The van der Waals surface area contributed by atoms with Crippen LogP contribution in [0.25, 0.3) is 4.96 Å². The van der Waals surface area contributed by atoms with E-state index in [9.17, 15) is 4.79 Å². The topological polar surface area (TPSA) is 67.7 Å². The highest BCUT2D eigenvalue weighted by atomic mass is 32.1. The number of thiazole rings is 1. The van der Waals surface area contributed by atoms with Crippen LogP contribution in [0, 0.1) is 13.8 Å². The number of amides is 1. The first-order chi connectivity index (χ1) is 10.7. The monoisotopic (exact) mass is 338 g/mol. The lowest BCUT2D eigenvalue weighted by Gasteiger charge is -2.22. The number of nitrogens with one attached hydrogen (secondary N) is 2. The molecule has 0 spiro atoms. The lowest BCUT2D eigenvalue weighted by molar-refractivity contribution is 0.0508. The van der Waals surface area contributed by atoms with Crippen LogP contribution in [0.15, 0.2) is 5.38 Å². The first-order valence-corrected chi connectivity index (χ1v) is 8.67. The highest BCUT2D eigenvalue weighted by Gasteiger charge is 2.18. The molecule has 0 aliphatic carbocycles. The fraction of sp³-hybridized carbons (Fsp3) is 0.625. The Morgan fingerprint density at radius 3 is 2.78 bits per heavy atom. The molecular weight excluding hydrogens is 312 g/mol. The molecule has 2 rings (SSSR count). The number of nitrogens with zero attached hydrogens (tertiary/aromatic N) is 2. The molecule has 2 aromatic rings. The summed E-state index contributed by atoms with van der Waals surface area (Å²) in [5.74, 6) is 0. The first kappa shape index (κ1) is 17.7. The standard InChI is InChI=1S/C16H26N4O2S/c1-10(18-15(21)22-16(4,5)6)7-17-8-13-12(3)19-14-20(13)11(2)9-23-14/h9-10,17H,7-8H2,1-6H3,(H,18,21). The molecule has 128 valence electrons. The summed E-state index contributed by atoms with van der Waals surface area (Å²) in [5.41, 5.74) is 2.93. The molecular formula is C16H26N4O2S. The highest BCUT2D eigenvalue weighted by molar-refractivity contribution is 7.15. The SMILES string of the molecule is Cc1nc2scc(C)n2c1CNCC(C)NC(=O)OC(C)(C)C. The fourth-order valence-electron chi connectivity index (χ4n) is 2.34. The van der Waals surface area contributed by atoms with Crippen molar-refractivity contribution in [3.63, 3.8) is 0 Å². The number of aromatic nitrogens is 2. The van der Waals surface area contributed by atoms with Crippen molar-refractivity contribution in [2.75, 3.05) is 6.54 Å². The number of aryl methyl sites for hydroxylation is 2. The van der Waals surface area contributed by atoms with Gasteiger partial charge in [0.05, 0.1) is 11.4 Å². The van der Waals surface area contributed by atoms with Crippen LogP contribution in [0.2, 0.25) is 0 Å². The molecule has 6 nitrogen and oxygen atoms in total. The molecule has 0 radical (unpaired) electrons. The van der Waals surface area contributed by atoms with Crippen molar-refractivity contribution >= 4 is 22.4 Å². The molecule has 2 aromatic heterocycles. The van der Waals surface area contributed by atoms with E-state index in [-0.39, 0.29) is 12.1 Å². The third-order valence-electron chi connectivity index (χ3n) is 3.34. The largest absolute Gasteiger partial charge is 0.444 e. The fourth-order valence-corrected chi connectivity index (χ4v) is 3.27. The molecule has 2 heterocycles. The minimum Gasteiger partial charge on any atom is -0.444 e. The van der Waals surface area contributed by atoms with Crippen molar-refractivity contribution in [1.29, 1.82) is 0 Å². The van der Waals surface area contributed by atoms with E-state index >= 15 is 0 Å². The van der Waals surface area contributed by atoms with Crippen LogP contribution in [0.3, 0.4) is 0 Å². The van der Waals surface area contributed by atoms with Gasteiger partial charge in [-0.3, -0.25) is 4.40 Å². The molecule has 0 fully saturated rings. The smallest absolute Gasteiger partial charge is 0.407 e. The molecule has 1 amide bonds. The van der Waals surface area contributed by atoms with Crippen LogP contribution >= 0.6 is 11.3 Å². The van der Waals surface area contributed by atoms with Crippen molar-refractivity contribution in [1.82, 2.24) is 20.0 Å². The number of ether oxygens (including phenoxy) is 1. The predicted molar refractivity (Wildman–Crippen MR) is 93.1 cm³/mol. The summed E-state index contributed by atoms with van der Waals surface area (Å²) in [4.78, 5) is 17.3. The maximum absolute atomic E-state index is 11.7. The summed E-state index contributed by atoms with van der Waals surface area (Å²) >= 11 is 1.65. The maximum atomic E-state index is 11.7. The van der Waals surface area contributed by atoms with Gasteiger partial charge in [-0.1, -0.05) is 0 Å². The summed E-state index contributed by atoms with van der Waals surface area (Å²) < 4.78 is 7.43. The Bertz CT molecular complexity index is 684. The van der Waals surface area contributed by atoms with E-state index < -0.39 is 5.60 Å². The van der Waals surface area contributed by atoms with Crippen LogP contribution in [0.4, 0.5) is 4.79 Å². The van der Waals surface area contributed by atoms with Gasteiger partial charge in [0.2, 0.25) is 0 Å². The van der Waals surface area contributed by atoms with Gasteiger partial charge < -0.3 is 15.4 Å². The number of hydrogen-bond donors (Lipinski definition) is 2. The summed E-state index contributed by atoms with van der Waals surface area (Å²) in [6.07, 6.45) is -0.386. The van der Waals surface area contributed by atoms with Crippen molar-refractivity contribution < 1.29 is 9.53 Å². The second-order valence-corrected chi connectivity index (χ2v) is 7.65. The van der Waals surface area contributed by atoms with Crippen LogP contribution < -0.4 is 10.6 Å². The highest BCUT2D eigenvalue weighted by Crippen LogP contribution is 2.20. The second kappa shape index (κ2) is 6.88. The zero-order valence-corrected chi connectivity index (χ0v) is 15.5. The number of carbonyl (C=O) groups excluding carboxylic acids is 1. The number of fused-ring (bicyclic) bond motifs is 1. The molecule has 1 unspecified atom stereocenters. The minimum atomic E-state index is -0.478. The predicted octanol–water partition coefficient (Wildman–Crippen LogP) is 3.02. The number of hydrogen-bond acceptors (Lipinski definition) is 5. The maximum Gasteiger partial charge on any atom is 0.407 e. The molecule has 7 heteroatoms. The van der Waals surface area contributed by atoms with Crippen molar-refractivity contribution in [2.24, 2.45) is 0 Å². The van der Waals surface area contributed by atoms with Crippen molar-refractivity contribution in [3.05, 3.63) is 22.5 Å². The Hall–Kier alpha value is -1.60. The summed E-state index contributed by atoms with van der Waals surface area (Å²) in [6, 6.07) is -0.0165. The Balaban J connectivity index is 1.85. The molecule has 2 N–H and O–H groups in total. The van der Waals surface area contributed by atoms with E-state index in [1.54, 1.807) is 11.3 Å². The minimum absolute atomic E-state index is 0.0165. The third kappa shape index (κ3) is 4.68. The second-order valence-electron chi connectivity index (χ2n) is 6.82. The molecule has 0 aliphatic rings. The number of carbonyl (C=O) groups is 1. The lowest BCUT2D eigenvalue weighted by Crippen LogP contribution is -2.42. The molecule has 0 saturated carbocycles. The van der Waals surface area contributed by atoms with Crippen molar-refractivity contribution in [2.45, 2.75) is 59.7 Å². The zero-order valence-electron chi connectivity index (χ0n) is 14.7. The summed E-state index contributed by atoms with van der Waals surface area (Å²) in [5, 5.41) is 8.32. The van der Waals surface area contributed by atoms with E-state index in [0.29, 0.717) is 13.1 Å². The Morgan fingerprint density at radius 1 is 1.43 bits per heavy atom. The van der Waals surface area contributed by atoms with Gasteiger partial charge in [-0.15, -0.1) is 11.3 Å². The number of rotatable bonds is 5. The van der Waals surface area contributed by atoms with E-state index in [1.807, 2.05) is 34.6 Å². The Kier molecular flexibility index (Phi) is 5.31.